The van der Waals surface area contributed by atoms with Crippen LogP contribution in [0.4, 0.5) is 0 Å². The van der Waals surface area contributed by atoms with Crippen LogP contribution in [0.3, 0.4) is 0 Å². The lowest BCUT2D eigenvalue weighted by Gasteiger charge is -2.38. The van der Waals surface area contributed by atoms with Crippen molar-refractivity contribution in [3.8, 4) is 0 Å². The number of carboxylic acids is 1. The molecule has 2 N–H and O–H groups in total. The molecule has 1 aromatic carbocycles. The van der Waals surface area contributed by atoms with Gasteiger partial charge in [0.15, 0.2) is 0 Å². The van der Waals surface area contributed by atoms with E-state index in [9.17, 15) is 14.7 Å². The van der Waals surface area contributed by atoms with Gasteiger partial charge in [0, 0.05) is 30.6 Å². The number of amides is 1. The summed E-state index contributed by atoms with van der Waals surface area (Å²) in [5, 5.41) is 13.1. The van der Waals surface area contributed by atoms with Crippen molar-refractivity contribution < 1.29 is 14.7 Å². The van der Waals surface area contributed by atoms with Crippen LogP contribution in [0.25, 0.3) is 10.9 Å². The highest BCUT2D eigenvalue weighted by Gasteiger charge is 2.45. The SMILES string of the molecule is Cn1cc(CCC(=O)NC2(C(=O)O)CCC2)c2ccccc21. The summed E-state index contributed by atoms with van der Waals surface area (Å²) >= 11 is 0. The Labute approximate surface area is 128 Å². The third kappa shape index (κ3) is 2.47. The molecular formula is C17H20N2O3. The van der Waals surface area contributed by atoms with E-state index in [0.717, 1.165) is 22.9 Å². The van der Waals surface area contributed by atoms with Crippen molar-refractivity contribution in [1.29, 1.82) is 0 Å². The third-order valence-corrected chi connectivity index (χ3v) is 4.60. The maximum absolute atomic E-state index is 12.1. The second kappa shape index (κ2) is 5.48. The molecule has 1 aliphatic rings. The Morgan fingerprint density at radius 1 is 1.32 bits per heavy atom. The lowest BCUT2D eigenvalue weighted by atomic mass is 9.76. The van der Waals surface area contributed by atoms with E-state index in [1.54, 1.807) is 0 Å². The minimum absolute atomic E-state index is 0.185. The van der Waals surface area contributed by atoms with E-state index in [1.807, 2.05) is 42.1 Å². The number of aryl methyl sites for hydroxylation is 2. The number of hydrogen-bond donors (Lipinski definition) is 2. The van der Waals surface area contributed by atoms with Crippen LogP contribution in [0.1, 0.15) is 31.2 Å². The molecule has 1 amide bonds. The highest BCUT2D eigenvalue weighted by atomic mass is 16.4. The molecule has 3 rings (SSSR count). The van der Waals surface area contributed by atoms with Crippen molar-refractivity contribution in [2.24, 2.45) is 7.05 Å². The number of nitrogens with zero attached hydrogens (tertiary/aromatic N) is 1. The Bertz CT molecular complexity index is 729. The van der Waals surface area contributed by atoms with Crippen molar-refractivity contribution >= 4 is 22.8 Å². The summed E-state index contributed by atoms with van der Waals surface area (Å²) in [6.45, 7) is 0. The Hall–Kier alpha value is -2.30. The van der Waals surface area contributed by atoms with Crippen LogP contribution in [0.2, 0.25) is 0 Å². The predicted molar refractivity (Wildman–Crippen MR) is 83.6 cm³/mol. The van der Waals surface area contributed by atoms with Gasteiger partial charge in [-0.25, -0.2) is 4.79 Å². The van der Waals surface area contributed by atoms with Crippen molar-refractivity contribution in [2.75, 3.05) is 0 Å². The smallest absolute Gasteiger partial charge is 0.329 e. The Balaban J connectivity index is 1.67. The average Bonchev–Trinajstić information content (AvgIpc) is 2.77. The molecule has 0 saturated heterocycles. The second-order valence-corrected chi connectivity index (χ2v) is 6.07. The molecule has 0 radical (unpaired) electrons. The standard InChI is InChI=1S/C17H20N2O3/c1-19-11-12(13-5-2-3-6-14(13)19)7-8-15(20)18-17(16(21)22)9-4-10-17/h2-3,5-6,11H,4,7-10H2,1H3,(H,18,20)(H,21,22). The monoisotopic (exact) mass is 300 g/mol. The number of rotatable bonds is 5. The normalized spacial score (nSPS) is 16.2. The molecule has 0 aliphatic heterocycles. The number of benzene rings is 1. The van der Waals surface area contributed by atoms with E-state index in [2.05, 4.69) is 5.32 Å². The minimum Gasteiger partial charge on any atom is -0.480 e. The van der Waals surface area contributed by atoms with E-state index in [1.165, 1.54) is 0 Å². The van der Waals surface area contributed by atoms with Crippen molar-refractivity contribution in [3.63, 3.8) is 0 Å². The molecule has 0 bridgehead atoms. The zero-order valence-electron chi connectivity index (χ0n) is 12.6. The van der Waals surface area contributed by atoms with Gasteiger partial charge < -0.3 is 15.0 Å². The van der Waals surface area contributed by atoms with E-state index < -0.39 is 11.5 Å². The quantitative estimate of drug-likeness (QED) is 0.889. The molecule has 0 spiro atoms. The van der Waals surface area contributed by atoms with Gasteiger partial charge in [-0.3, -0.25) is 4.79 Å². The summed E-state index contributed by atoms with van der Waals surface area (Å²) < 4.78 is 2.05. The first-order chi connectivity index (χ1) is 10.5. The fourth-order valence-electron chi connectivity index (χ4n) is 3.13. The first-order valence-electron chi connectivity index (χ1n) is 7.59. The van der Waals surface area contributed by atoms with Crippen molar-refractivity contribution in [1.82, 2.24) is 9.88 Å². The molecule has 5 heteroatoms. The van der Waals surface area contributed by atoms with Crippen molar-refractivity contribution in [3.05, 3.63) is 36.0 Å². The summed E-state index contributed by atoms with van der Waals surface area (Å²) in [4.78, 5) is 23.4. The van der Waals surface area contributed by atoms with Crippen molar-refractivity contribution in [2.45, 2.75) is 37.6 Å². The maximum Gasteiger partial charge on any atom is 0.329 e. The lowest BCUT2D eigenvalue weighted by Crippen LogP contribution is -2.59. The summed E-state index contributed by atoms with van der Waals surface area (Å²) in [5.41, 5.74) is 1.24. The van der Waals surface area contributed by atoms with E-state index in [4.69, 9.17) is 0 Å². The topological polar surface area (TPSA) is 71.3 Å². The zero-order valence-corrected chi connectivity index (χ0v) is 12.6. The van der Waals surface area contributed by atoms with Crippen LogP contribution in [-0.4, -0.2) is 27.1 Å². The van der Waals surface area contributed by atoms with Crippen LogP contribution in [0, 0.1) is 0 Å². The van der Waals surface area contributed by atoms with Crippen LogP contribution in [0.15, 0.2) is 30.5 Å². The summed E-state index contributed by atoms with van der Waals surface area (Å²) in [6.07, 6.45) is 4.88. The number of fused-ring (bicyclic) bond motifs is 1. The molecule has 22 heavy (non-hydrogen) atoms. The molecule has 0 atom stereocenters. The van der Waals surface area contributed by atoms with Gasteiger partial charge >= 0.3 is 5.97 Å². The minimum atomic E-state index is -1.02. The Morgan fingerprint density at radius 2 is 2.05 bits per heavy atom. The number of carbonyl (C=O) groups excluding carboxylic acids is 1. The number of hydrogen-bond acceptors (Lipinski definition) is 2. The van der Waals surface area contributed by atoms with Gasteiger partial charge in [-0.15, -0.1) is 0 Å². The van der Waals surface area contributed by atoms with E-state index in [-0.39, 0.29) is 5.91 Å². The molecule has 1 aromatic heterocycles. The molecule has 1 fully saturated rings. The molecule has 5 nitrogen and oxygen atoms in total. The second-order valence-electron chi connectivity index (χ2n) is 6.07. The Kier molecular flexibility index (Phi) is 3.64. The van der Waals surface area contributed by atoms with Gasteiger partial charge in [0.2, 0.25) is 5.91 Å². The molecule has 1 heterocycles. The average molecular weight is 300 g/mol. The predicted octanol–water partition coefficient (Wildman–Crippen LogP) is 2.23. The van der Waals surface area contributed by atoms with Gasteiger partial charge in [-0.05, 0) is 37.3 Å². The zero-order chi connectivity index (χ0) is 15.7. The summed E-state index contributed by atoms with van der Waals surface area (Å²) in [5.74, 6) is -1.10. The number of carbonyl (C=O) groups is 2. The first-order valence-corrected chi connectivity index (χ1v) is 7.59. The number of nitrogens with one attached hydrogen (secondary N) is 1. The van der Waals surface area contributed by atoms with Crippen LogP contribution in [0.5, 0.6) is 0 Å². The lowest BCUT2D eigenvalue weighted by molar-refractivity contribution is -0.151. The molecule has 2 aromatic rings. The fourth-order valence-corrected chi connectivity index (χ4v) is 3.13. The van der Waals surface area contributed by atoms with Crippen LogP contribution in [-0.2, 0) is 23.1 Å². The molecule has 0 unspecified atom stereocenters. The fraction of sp³-hybridized carbons (Fsp3) is 0.412. The third-order valence-electron chi connectivity index (χ3n) is 4.60. The number of aromatic nitrogens is 1. The number of carboxylic acid groups (broad SMARTS) is 1. The van der Waals surface area contributed by atoms with Crippen LogP contribution >= 0.6 is 0 Å². The van der Waals surface area contributed by atoms with Gasteiger partial charge in [0.1, 0.15) is 5.54 Å². The summed E-state index contributed by atoms with van der Waals surface area (Å²) in [7, 11) is 1.99. The maximum atomic E-state index is 12.1. The van der Waals surface area contributed by atoms with Gasteiger partial charge in [-0.1, -0.05) is 18.2 Å². The molecule has 116 valence electrons. The van der Waals surface area contributed by atoms with E-state index in [0.29, 0.717) is 25.7 Å². The molecule has 1 saturated carbocycles. The highest BCUT2D eigenvalue weighted by Crippen LogP contribution is 2.32. The molecular weight excluding hydrogens is 280 g/mol. The summed E-state index contributed by atoms with van der Waals surface area (Å²) in [6, 6.07) is 8.08. The largest absolute Gasteiger partial charge is 0.480 e. The highest BCUT2D eigenvalue weighted by molar-refractivity contribution is 5.88. The first kappa shape index (κ1) is 14.6. The molecule has 1 aliphatic carbocycles. The van der Waals surface area contributed by atoms with Crippen LogP contribution < -0.4 is 5.32 Å². The number of aliphatic carboxylic acids is 1. The Morgan fingerprint density at radius 3 is 2.68 bits per heavy atom. The van der Waals surface area contributed by atoms with Gasteiger partial charge in [0.05, 0.1) is 0 Å². The van der Waals surface area contributed by atoms with E-state index >= 15 is 0 Å². The van der Waals surface area contributed by atoms with Gasteiger partial charge in [0.25, 0.3) is 0 Å². The number of para-hydroxylation sites is 1. The van der Waals surface area contributed by atoms with Gasteiger partial charge in [-0.2, -0.15) is 0 Å².